The molecule has 1 aromatic carbocycles. The highest BCUT2D eigenvalue weighted by Gasteiger charge is 2.31. The second-order valence-electron chi connectivity index (χ2n) is 8.70. The molecule has 1 fully saturated rings. The van der Waals surface area contributed by atoms with Crippen LogP contribution in [0.15, 0.2) is 60.9 Å². The molecule has 0 unspecified atom stereocenters. The quantitative estimate of drug-likeness (QED) is 0.461. The van der Waals surface area contributed by atoms with Crippen molar-refractivity contribution < 1.29 is 4.79 Å². The topological polar surface area (TPSA) is 68.8 Å². The van der Waals surface area contributed by atoms with Gasteiger partial charge in [0.1, 0.15) is 11.6 Å². The number of amides is 1. The van der Waals surface area contributed by atoms with Crippen molar-refractivity contribution in [3.63, 3.8) is 0 Å². The van der Waals surface area contributed by atoms with Gasteiger partial charge < -0.3 is 4.90 Å². The Hall–Kier alpha value is -3.74. The van der Waals surface area contributed by atoms with E-state index in [1.807, 2.05) is 76.7 Å². The molecular weight excluding hydrogens is 412 g/mol. The molecule has 1 aliphatic rings. The zero-order chi connectivity index (χ0) is 22.9. The van der Waals surface area contributed by atoms with Gasteiger partial charge in [0.25, 0.3) is 5.91 Å². The Kier molecular flexibility index (Phi) is 5.54. The van der Waals surface area contributed by atoms with E-state index < -0.39 is 0 Å². The fraction of sp³-hybridized carbons (Fsp3) is 0.308. The zero-order valence-electron chi connectivity index (χ0n) is 19.3. The van der Waals surface area contributed by atoms with Gasteiger partial charge in [0, 0.05) is 30.2 Å². The smallest absolute Gasteiger partial charge is 0.254 e. The number of carbonyl (C=O) groups excluding carboxylic acids is 1. The maximum Gasteiger partial charge on any atom is 0.254 e. The van der Waals surface area contributed by atoms with Crippen LogP contribution in [0.5, 0.6) is 0 Å². The molecule has 0 radical (unpaired) electrons. The summed E-state index contributed by atoms with van der Waals surface area (Å²) in [5.74, 6) is 1.77. The number of hydrogen-bond acceptors (Lipinski definition) is 4. The minimum atomic E-state index is -0.0179. The predicted octanol–water partition coefficient (Wildman–Crippen LogP) is 4.41. The summed E-state index contributed by atoms with van der Waals surface area (Å²) >= 11 is 0. The standard InChI is InChI=1S/C26H28N6O/c1-18-16-19(2)32(29-18)17-21-9-11-22(12-10-21)26(33)31-14-5-7-24(31)23-6-4-8-25(28-23)30-15-13-27-20(30)3/h4,6,8-13,15-16,24H,5,7,14,17H2,1-3H3/t24-/m1/s1. The molecule has 0 spiro atoms. The van der Waals surface area contributed by atoms with Crippen LogP contribution in [0.4, 0.5) is 0 Å². The Morgan fingerprint density at radius 3 is 2.61 bits per heavy atom. The van der Waals surface area contributed by atoms with Gasteiger partial charge in [-0.2, -0.15) is 5.10 Å². The number of likely N-dealkylation sites (tertiary alicyclic amines) is 1. The van der Waals surface area contributed by atoms with Crippen LogP contribution in [0.25, 0.3) is 5.82 Å². The van der Waals surface area contributed by atoms with Crippen molar-refractivity contribution in [1.29, 1.82) is 0 Å². The first-order chi connectivity index (χ1) is 16.0. The van der Waals surface area contributed by atoms with Gasteiger partial charge in [-0.05, 0) is 69.5 Å². The number of carbonyl (C=O) groups is 1. The molecule has 3 aromatic heterocycles. The van der Waals surface area contributed by atoms with Crippen LogP contribution in [-0.4, -0.2) is 41.7 Å². The lowest BCUT2D eigenvalue weighted by Gasteiger charge is -2.25. The Bertz CT molecular complexity index is 1290. The molecule has 33 heavy (non-hydrogen) atoms. The van der Waals surface area contributed by atoms with Gasteiger partial charge in [-0.3, -0.25) is 14.0 Å². The van der Waals surface area contributed by atoms with Crippen molar-refractivity contribution in [2.45, 2.75) is 46.2 Å². The monoisotopic (exact) mass is 440 g/mol. The van der Waals surface area contributed by atoms with Crippen LogP contribution >= 0.6 is 0 Å². The average Bonchev–Trinajstić information content (AvgIpc) is 3.54. The van der Waals surface area contributed by atoms with E-state index in [2.05, 4.69) is 23.1 Å². The van der Waals surface area contributed by atoms with Crippen LogP contribution in [0.2, 0.25) is 0 Å². The molecule has 168 valence electrons. The summed E-state index contributed by atoms with van der Waals surface area (Å²) in [5, 5.41) is 4.53. The van der Waals surface area contributed by atoms with Gasteiger partial charge in [-0.15, -0.1) is 0 Å². The first-order valence-electron chi connectivity index (χ1n) is 11.4. The van der Waals surface area contributed by atoms with Crippen molar-refractivity contribution in [1.82, 2.24) is 29.2 Å². The first kappa shape index (κ1) is 21.1. The highest BCUT2D eigenvalue weighted by molar-refractivity contribution is 5.94. The summed E-state index contributed by atoms with van der Waals surface area (Å²) in [6.45, 7) is 7.46. The molecular formula is C26H28N6O. The summed E-state index contributed by atoms with van der Waals surface area (Å²) in [6.07, 6.45) is 5.57. The normalized spacial score (nSPS) is 15.8. The average molecular weight is 441 g/mol. The number of pyridine rings is 1. The summed E-state index contributed by atoms with van der Waals surface area (Å²) in [6, 6.07) is 16.0. The molecule has 7 nitrogen and oxygen atoms in total. The molecule has 7 heteroatoms. The number of imidazole rings is 1. The minimum Gasteiger partial charge on any atom is -0.330 e. The van der Waals surface area contributed by atoms with E-state index in [0.29, 0.717) is 12.1 Å². The van der Waals surface area contributed by atoms with E-state index in [9.17, 15) is 4.79 Å². The molecule has 1 saturated heterocycles. The molecule has 1 aliphatic heterocycles. The molecule has 0 N–H and O–H groups in total. The molecule has 5 rings (SSSR count). The third kappa shape index (κ3) is 4.18. The van der Waals surface area contributed by atoms with Crippen molar-refractivity contribution in [3.8, 4) is 5.82 Å². The summed E-state index contributed by atoms with van der Waals surface area (Å²) in [4.78, 5) is 24.5. The Morgan fingerprint density at radius 2 is 1.91 bits per heavy atom. The summed E-state index contributed by atoms with van der Waals surface area (Å²) < 4.78 is 3.95. The molecule has 1 amide bonds. The van der Waals surface area contributed by atoms with Crippen LogP contribution in [0.3, 0.4) is 0 Å². The molecule has 0 saturated carbocycles. The van der Waals surface area contributed by atoms with Crippen LogP contribution in [0.1, 0.15) is 57.7 Å². The number of hydrogen-bond donors (Lipinski definition) is 0. The molecule has 1 atom stereocenters. The third-order valence-electron chi connectivity index (χ3n) is 6.32. The Balaban J connectivity index is 1.34. The molecule has 4 heterocycles. The number of nitrogens with zero attached hydrogens (tertiary/aromatic N) is 6. The first-order valence-corrected chi connectivity index (χ1v) is 11.4. The lowest BCUT2D eigenvalue weighted by Crippen LogP contribution is -2.31. The van der Waals surface area contributed by atoms with E-state index in [0.717, 1.165) is 53.7 Å². The van der Waals surface area contributed by atoms with E-state index in [1.54, 1.807) is 6.20 Å². The lowest BCUT2D eigenvalue weighted by molar-refractivity contribution is 0.0733. The maximum absolute atomic E-state index is 13.4. The van der Waals surface area contributed by atoms with Gasteiger partial charge >= 0.3 is 0 Å². The second kappa shape index (κ2) is 8.65. The van der Waals surface area contributed by atoms with Crippen molar-refractivity contribution in [2.24, 2.45) is 0 Å². The van der Waals surface area contributed by atoms with Crippen molar-refractivity contribution in [2.75, 3.05) is 6.54 Å². The minimum absolute atomic E-state index is 0.0179. The Morgan fingerprint density at radius 1 is 1.09 bits per heavy atom. The second-order valence-corrected chi connectivity index (χ2v) is 8.70. The number of rotatable bonds is 5. The molecule has 4 aromatic rings. The van der Waals surface area contributed by atoms with Gasteiger partial charge in [-0.25, -0.2) is 9.97 Å². The van der Waals surface area contributed by atoms with Gasteiger partial charge in [-0.1, -0.05) is 18.2 Å². The molecule has 0 bridgehead atoms. The van der Waals surface area contributed by atoms with E-state index in [-0.39, 0.29) is 11.9 Å². The SMILES string of the molecule is Cc1cc(C)n(Cc2ccc(C(=O)N3CCC[C@@H]3c3cccc(-n4ccnc4C)n3)cc2)n1. The highest BCUT2D eigenvalue weighted by Crippen LogP contribution is 2.32. The van der Waals surface area contributed by atoms with E-state index in [1.165, 1.54) is 0 Å². The van der Waals surface area contributed by atoms with Gasteiger partial charge in [0.15, 0.2) is 0 Å². The highest BCUT2D eigenvalue weighted by atomic mass is 16.2. The van der Waals surface area contributed by atoms with E-state index >= 15 is 0 Å². The summed E-state index contributed by atoms with van der Waals surface area (Å²) in [5.41, 5.74) is 4.91. The van der Waals surface area contributed by atoms with E-state index in [4.69, 9.17) is 4.98 Å². The summed E-state index contributed by atoms with van der Waals surface area (Å²) in [7, 11) is 0. The van der Waals surface area contributed by atoms with Crippen LogP contribution in [-0.2, 0) is 6.54 Å². The number of benzene rings is 1. The van der Waals surface area contributed by atoms with Crippen molar-refractivity contribution >= 4 is 5.91 Å². The fourth-order valence-electron chi connectivity index (χ4n) is 4.62. The Labute approximate surface area is 193 Å². The third-order valence-corrected chi connectivity index (χ3v) is 6.32. The fourth-order valence-corrected chi connectivity index (χ4v) is 4.62. The lowest BCUT2D eigenvalue weighted by atomic mass is 10.1. The largest absolute Gasteiger partial charge is 0.330 e. The van der Waals surface area contributed by atoms with Gasteiger partial charge in [0.2, 0.25) is 0 Å². The van der Waals surface area contributed by atoms with Gasteiger partial charge in [0.05, 0.1) is 24.0 Å². The maximum atomic E-state index is 13.4. The molecule has 0 aliphatic carbocycles. The van der Waals surface area contributed by atoms with Crippen LogP contribution in [0, 0.1) is 20.8 Å². The number of aromatic nitrogens is 5. The van der Waals surface area contributed by atoms with Crippen molar-refractivity contribution in [3.05, 3.63) is 95.0 Å². The predicted molar refractivity (Wildman–Crippen MR) is 126 cm³/mol. The zero-order valence-corrected chi connectivity index (χ0v) is 19.3. The number of aryl methyl sites for hydroxylation is 3. The van der Waals surface area contributed by atoms with Crippen LogP contribution < -0.4 is 0 Å².